The third-order valence-electron chi connectivity index (χ3n) is 3.89. The molecule has 112 valence electrons. The van der Waals surface area contributed by atoms with E-state index in [2.05, 4.69) is 9.97 Å². The lowest BCUT2D eigenvalue weighted by atomic mass is 9.91. The van der Waals surface area contributed by atoms with E-state index in [4.69, 9.17) is 9.98 Å². The maximum absolute atomic E-state index is 4.75. The van der Waals surface area contributed by atoms with Crippen LogP contribution in [0.5, 0.6) is 0 Å². The Bertz CT molecular complexity index is 565. The predicted molar refractivity (Wildman–Crippen MR) is 89.7 cm³/mol. The minimum atomic E-state index is 0.266. The Morgan fingerprint density at radius 2 is 1.32 bits per heavy atom. The molecule has 1 fully saturated rings. The molecule has 2 aromatic heterocycles. The number of rotatable bonds is 4. The highest BCUT2D eigenvalue weighted by atomic mass is 14.9. The van der Waals surface area contributed by atoms with Gasteiger partial charge in [0.05, 0.1) is 12.1 Å². The molecule has 0 saturated heterocycles. The molecule has 0 spiro atoms. The second kappa shape index (κ2) is 7.59. The van der Waals surface area contributed by atoms with E-state index >= 15 is 0 Å². The molecule has 1 aliphatic rings. The SMILES string of the molecule is C(=NC1CCCCC1N=Cc1cccnc1)c1cccnc1. The molecule has 22 heavy (non-hydrogen) atoms. The zero-order chi connectivity index (χ0) is 15.0. The van der Waals surface area contributed by atoms with E-state index in [1.807, 2.05) is 49.1 Å². The molecule has 4 heteroatoms. The van der Waals surface area contributed by atoms with Crippen molar-refractivity contribution in [1.29, 1.82) is 0 Å². The second-order valence-corrected chi connectivity index (χ2v) is 5.55. The van der Waals surface area contributed by atoms with Crippen molar-refractivity contribution < 1.29 is 0 Å². The highest BCUT2D eigenvalue weighted by Gasteiger charge is 2.23. The summed E-state index contributed by atoms with van der Waals surface area (Å²) in [5, 5.41) is 0. The van der Waals surface area contributed by atoms with Crippen molar-refractivity contribution in [2.75, 3.05) is 0 Å². The third kappa shape index (κ3) is 4.07. The first-order valence-electron chi connectivity index (χ1n) is 7.78. The van der Waals surface area contributed by atoms with Crippen molar-refractivity contribution in [1.82, 2.24) is 9.97 Å². The molecule has 0 aliphatic heterocycles. The van der Waals surface area contributed by atoms with E-state index in [0.717, 1.165) is 24.0 Å². The molecule has 1 saturated carbocycles. The van der Waals surface area contributed by atoms with Crippen LogP contribution in [0.2, 0.25) is 0 Å². The van der Waals surface area contributed by atoms with Gasteiger partial charge in [-0.05, 0) is 25.0 Å². The van der Waals surface area contributed by atoms with Crippen molar-refractivity contribution in [3.05, 3.63) is 60.2 Å². The van der Waals surface area contributed by atoms with Crippen molar-refractivity contribution in [3.8, 4) is 0 Å². The highest BCUT2D eigenvalue weighted by molar-refractivity contribution is 5.80. The van der Waals surface area contributed by atoms with Gasteiger partial charge in [0.1, 0.15) is 0 Å². The molecular formula is C18H20N4. The molecule has 0 N–H and O–H groups in total. The molecule has 2 heterocycles. The maximum Gasteiger partial charge on any atom is 0.0723 e. The summed E-state index contributed by atoms with van der Waals surface area (Å²) in [6.07, 6.45) is 15.7. The van der Waals surface area contributed by atoms with Gasteiger partial charge in [-0.15, -0.1) is 0 Å². The van der Waals surface area contributed by atoms with Crippen molar-refractivity contribution >= 4 is 12.4 Å². The Hall–Kier alpha value is -2.36. The Kier molecular flexibility index (Phi) is 5.03. The average molecular weight is 292 g/mol. The van der Waals surface area contributed by atoms with E-state index in [9.17, 15) is 0 Å². The van der Waals surface area contributed by atoms with Crippen LogP contribution >= 0.6 is 0 Å². The molecule has 2 unspecified atom stereocenters. The molecule has 0 amide bonds. The van der Waals surface area contributed by atoms with Gasteiger partial charge in [-0.3, -0.25) is 20.0 Å². The van der Waals surface area contributed by atoms with Gasteiger partial charge in [-0.2, -0.15) is 0 Å². The molecule has 1 aliphatic carbocycles. The van der Waals surface area contributed by atoms with E-state index in [-0.39, 0.29) is 12.1 Å². The fourth-order valence-electron chi connectivity index (χ4n) is 2.71. The summed E-state index contributed by atoms with van der Waals surface area (Å²) in [7, 11) is 0. The van der Waals surface area contributed by atoms with Crippen LogP contribution in [0.1, 0.15) is 36.8 Å². The normalized spacial score (nSPS) is 22.4. The van der Waals surface area contributed by atoms with E-state index in [0.29, 0.717) is 0 Å². The maximum atomic E-state index is 4.75. The zero-order valence-corrected chi connectivity index (χ0v) is 12.5. The monoisotopic (exact) mass is 292 g/mol. The van der Waals surface area contributed by atoms with Crippen molar-refractivity contribution in [2.24, 2.45) is 9.98 Å². The zero-order valence-electron chi connectivity index (χ0n) is 12.5. The lowest BCUT2D eigenvalue weighted by Crippen LogP contribution is -2.27. The Morgan fingerprint density at radius 1 is 0.818 bits per heavy atom. The molecule has 2 atom stereocenters. The first-order valence-corrected chi connectivity index (χ1v) is 7.78. The molecule has 0 bridgehead atoms. The lowest BCUT2D eigenvalue weighted by Gasteiger charge is -2.25. The summed E-state index contributed by atoms with van der Waals surface area (Å²) < 4.78 is 0. The number of hydrogen-bond acceptors (Lipinski definition) is 4. The van der Waals surface area contributed by atoms with Crippen molar-refractivity contribution in [2.45, 2.75) is 37.8 Å². The van der Waals surface area contributed by atoms with Gasteiger partial charge in [0, 0.05) is 48.3 Å². The van der Waals surface area contributed by atoms with Crippen LogP contribution in [-0.2, 0) is 0 Å². The first kappa shape index (κ1) is 14.6. The van der Waals surface area contributed by atoms with Gasteiger partial charge in [0.25, 0.3) is 0 Å². The number of hydrogen-bond donors (Lipinski definition) is 0. The summed E-state index contributed by atoms with van der Waals surface area (Å²) in [6.45, 7) is 0. The van der Waals surface area contributed by atoms with Gasteiger partial charge >= 0.3 is 0 Å². The largest absolute Gasteiger partial charge is 0.287 e. The minimum Gasteiger partial charge on any atom is -0.287 e. The van der Waals surface area contributed by atoms with Crippen LogP contribution in [0.4, 0.5) is 0 Å². The van der Waals surface area contributed by atoms with E-state index < -0.39 is 0 Å². The summed E-state index contributed by atoms with van der Waals surface area (Å²) in [5.74, 6) is 0. The Morgan fingerprint density at radius 3 is 1.73 bits per heavy atom. The van der Waals surface area contributed by atoms with Gasteiger partial charge in [0.15, 0.2) is 0 Å². The smallest absolute Gasteiger partial charge is 0.0723 e. The summed E-state index contributed by atoms with van der Waals surface area (Å²) in [5.41, 5.74) is 2.09. The van der Waals surface area contributed by atoms with Crippen LogP contribution < -0.4 is 0 Å². The van der Waals surface area contributed by atoms with Crippen LogP contribution in [0.25, 0.3) is 0 Å². The van der Waals surface area contributed by atoms with E-state index in [1.54, 1.807) is 12.4 Å². The summed E-state index contributed by atoms with van der Waals surface area (Å²) >= 11 is 0. The molecule has 2 aromatic rings. The molecule has 0 aromatic carbocycles. The first-order chi connectivity index (χ1) is 10.9. The van der Waals surface area contributed by atoms with Crippen LogP contribution in [0.15, 0.2) is 59.0 Å². The lowest BCUT2D eigenvalue weighted by molar-refractivity contribution is 0.390. The van der Waals surface area contributed by atoms with Gasteiger partial charge in [-0.25, -0.2) is 0 Å². The standard InChI is InChI=1S/C18H20N4/c1-2-8-18(22-14-16-6-4-10-20-12-16)17(7-1)21-13-15-5-3-9-19-11-15/h3-6,9-14,17-18H,1-2,7-8H2. The average Bonchev–Trinajstić information content (AvgIpc) is 2.61. The highest BCUT2D eigenvalue weighted by Crippen LogP contribution is 2.24. The third-order valence-corrected chi connectivity index (χ3v) is 3.89. The number of aliphatic imine (C=N–C) groups is 2. The Balaban J connectivity index is 1.69. The summed E-state index contributed by atoms with van der Waals surface area (Å²) in [4.78, 5) is 17.7. The van der Waals surface area contributed by atoms with Crippen molar-refractivity contribution in [3.63, 3.8) is 0 Å². The quantitative estimate of drug-likeness (QED) is 0.812. The Labute approximate surface area is 131 Å². The van der Waals surface area contributed by atoms with Gasteiger partial charge in [0.2, 0.25) is 0 Å². The predicted octanol–water partition coefficient (Wildman–Crippen LogP) is 3.33. The van der Waals surface area contributed by atoms with Crippen LogP contribution in [0.3, 0.4) is 0 Å². The molecule has 4 nitrogen and oxygen atoms in total. The molecule has 3 rings (SSSR count). The number of nitrogens with zero attached hydrogens (tertiary/aromatic N) is 4. The molecule has 0 radical (unpaired) electrons. The fraction of sp³-hybridized carbons (Fsp3) is 0.333. The van der Waals surface area contributed by atoms with E-state index in [1.165, 1.54) is 12.8 Å². The van der Waals surface area contributed by atoms with Crippen LogP contribution in [0, 0.1) is 0 Å². The fourth-order valence-corrected chi connectivity index (χ4v) is 2.71. The topological polar surface area (TPSA) is 50.5 Å². The van der Waals surface area contributed by atoms with Gasteiger partial charge < -0.3 is 0 Å². The minimum absolute atomic E-state index is 0.266. The summed E-state index contributed by atoms with van der Waals surface area (Å²) in [6, 6.07) is 8.44. The number of pyridine rings is 2. The van der Waals surface area contributed by atoms with Crippen LogP contribution in [-0.4, -0.2) is 34.5 Å². The second-order valence-electron chi connectivity index (χ2n) is 5.55. The molecular weight excluding hydrogens is 272 g/mol. The number of aromatic nitrogens is 2. The van der Waals surface area contributed by atoms with Gasteiger partial charge in [-0.1, -0.05) is 25.0 Å².